The van der Waals surface area contributed by atoms with Crippen molar-refractivity contribution in [1.82, 2.24) is 4.98 Å². The van der Waals surface area contributed by atoms with E-state index in [2.05, 4.69) is 4.98 Å². The molecule has 0 saturated heterocycles. The summed E-state index contributed by atoms with van der Waals surface area (Å²) in [5, 5.41) is 2.62. The van der Waals surface area contributed by atoms with Crippen LogP contribution >= 0.6 is 11.3 Å². The minimum absolute atomic E-state index is 0.0889. The number of halogens is 3. The lowest BCUT2D eigenvalue weighted by Gasteiger charge is -2.22. The minimum Gasteiger partial charge on any atom is -0.302 e. The lowest BCUT2D eigenvalue weighted by Crippen LogP contribution is -2.31. The second-order valence-corrected chi connectivity index (χ2v) is 6.41. The first kappa shape index (κ1) is 17.2. The third-order valence-electron chi connectivity index (χ3n) is 3.53. The molecule has 0 bridgehead atoms. The monoisotopic (exact) mass is 362 g/mol. The molecule has 0 fully saturated rings. The smallest absolute Gasteiger partial charge is 0.261 e. The molecule has 3 rings (SSSR count). The topological polar surface area (TPSA) is 33.2 Å². The van der Waals surface area contributed by atoms with Gasteiger partial charge in [-0.3, -0.25) is 4.79 Å². The second-order valence-electron chi connectivity index (χ2n) is 5.35. The lowest BCUT2D eigenvalue weighted by molar-refractivity contribution is 0.0981. The SMILES string of the molecule is Cc1nc(CN(C(=O)c2ccc(F)cc2F)c2ccc(F)cc2)cs1. The summed E-state index contributed by atoms with van der Waals surface area (Å²) in [5.41, 5.74) is 0.751. The molecule has 0 unspecified atom stereocenters. The molecule has 25 heavy (non-hydrogen) atoms. The van der Waals surface area contributed by atoms with Crippen LogP contribution in [-0.4, -0.2) is 10.9 Å². The van der Waals surface area contributed by atoms with Gasteiger partial charge in [0.05, 0.1) is 22.8 Å². The van der Waals surface area contributed by atoms with E-state index in [-0.39, 0.29) is 12.1 Å². The number of amides is 1. The highest BCUT2D eigenvalue weighted by Crippen LogP contribution is 2.23. The summed E-state index contributed by atoms with van der Waals surface area (Å²) in [6, 6.07) is 8.04. The fraction of sp³-hybridized carbons (Fsp3) is 0.111. The van der Waals surface area contributed by atoms with Gasteiger partial charge in [-0.25, -0.2) is 18.2 Å². The van der Waals surface area contributed by atoms with Gasteiger partial charge in [-0.05, 0) is 43.3 Å². The van der Waals surface area contributed by atoms with Crippen LogP contribution in [0.15, 0.2) is 47.8 Å². The Bertz CT molecular complexity index is 909. The Balaban J connectivity index is 2.00. The van der Waals surface area contributed by atoms with Crippen LogP contribution in [0.25, 0.3) is 0 Å². The Morgan fingerprint density at radius 2 is 1.76 bits per heavy atom. The molecule has 1 amide bonds. The minimum atomic E-state index is -0.952. The maximum Gasteiger partial charge on any atom is 0.261 e. The zero-order valence-corrected chi connectivity index (χ0v) is 14.0. The number of thiazole rings is 1. The molecule has 0 radical (unpaired) electrons. The van der Waals surface area contributed by atoms with E-state index in [1.165, 1.54) is 40.5 Å². The third kappa shape index (κ3) is 3.88. The highest BCUT2D eigenvalue weighted by Gasteiger charge is 2.22. The maximum atomic E-state index is 14.0. The molecular weight excluding hydrogens is 349 g/mol. The van der Waals surface area contributed by atoms with Crippen molar-refractivity contribution in [3.8, 4) is 0 Å². The van der Waals surface area contributed by atoms with Gasteiger partial charge < -0.3 is 4.90 Å². The fourth-order valence-electron chi connectivity index (χ4n) is 2.35. The first-order valence-corrected chi connectivity index (χ1v) is 8.25. The number of carbonyl (C=O) groups is 1. The van der Waals surface area contributed by atoms with E-state index >= 15 is 0 Å². The lowest BCUT2D eigenvalue weighted by atomic mass is 10.1. The van der Waals surface area contributed by atoms with Crippen LogP contribution in [0.2, 0.25) is 0 Å². The fourth-order valence-corrected chi connectivity index (χ4v) is 2.96. The van der Waals surface area contributed by atoms with Gasteiger partial charge in [-0.1, -0.05) is 0 Å². The van der Waals surface area contributed by atoms with Crippen molar-refractivity contribution in [2.45, 2.75) is 13.5 Å². The van der Waals surface area contributed by atoms with Crippen LogP contribution in [0.5, 0.6) is 0 Å². The molecule has 0 aliphatic carbocycles. The average molecular weight is 362 g/mol. The van der Waals surface area contributed by atoms with Crippen molar-refractivity contribution in [1.29, 1.82) is 0 Å². The highest BCUT2D eigenvalue weighted by molar-refractivity contribution is 7.09. The van der Waals surface area contributed by atoms with Gasteiger partial charge in [0.15, 0.2) is 0 Å². The molecular formula is C18H13F3N2OS. The summed E-state index contributed by atoms with van der Waals surface area (Å²) >= 11 is 1.42. The van der Waals surface area contributed by atoms with Crippen LogP contribution in [0.4, 0.5) is 18.9 Å². The van der Waals surface area contributed by atoms with E-state index in [0.717, 1.165) is 17.1 Å². The van der Waals surface area contributed by atoms with Gasteiger partial charge in [0, 0.05) is 17.1 Å². The van der Waals surface area contributed by atoms with E-state index in [4.69, 9.17) is 0 Å². The van der Waals surface area contributed by atoms with Gasteiger partial charge >= 0.3 is 0 Å². The summed E-state index contributed by atoms with van der Waals surface area (Å²) in [6.07, 6.45) is 0. The Labute approximate surface area is 146 Å². The zero-order chi connectivity index (χ0) is 18.0. The summed E-state index contributed by atoms with van der Waals surface area (Å²) in [6.45, 7) is 1.92. The number of carbonyl (C=O) groups excluding carboxylic acids is 1. The molecule has 1 aromatic heterocycles. The number of hydrogen-bond donors (Lipinski definition) is 0. The van der Waals surface area contributed by atoms with Crippen LogP contribution in [0.1, 0.15) is 21.1 Å². The predicted molar refractivity (Wildman–Crippen MR) is 90.1 cm³/mol. The number of benzene rings is 2. The van der Waals surface area contributed by atoms with E-state index in [1.807, 2.05) is 6.92 Å². The number of nitrogens with zero attached hydrogens (tertiary/aromatic N) is 2. The molecule has 0 aliphatic rings. The maximum absolute atomic E-state index is 14.0. The third-order valence-corrected chi connectivity index (χ3v) is 4.35. The van der Waals surface area contributed by atoms with E-state index in [9.17, 15) is 18.0 Å². The largest absolute Gasteiger partial charge is 0.302 e. The second kappa shape index (κ2) is 7.06. The van der Waals surface area contributed by atoms with Crippen molar-refractivity contribution < 1.29 is 18.0 Å². The van der Waals surface area contributed by atoms with Crippen molar-refractivity contribution in [2.24, 2.45) is 0 Å². The van der Waals surface area contributed by atoms with Crippen molar-refractivity contribution in [3.63, 3.8) is 0 Å². The normalized spacial score (nSPS) is 10.7. The Morgan fingerprint density at radius 3 is 2.36 bits per heavy atom. The quantitative estimate of drug-likeness (QED) is 0.673. The summed E-state index contributed by atoms with van der Waals surface area (Å²) in [7, 11) is 0. The number of anilines is 1. The van der Waals surface area contributed by atoms with Gasteiger partial charge in [0.25, 0.3) is 5.91 Å². The molecule has 2 aromatic carbocycles. The van der Waals surface area contributed by atoms with Gasteiger partial charge in [0.1, 0.15) is 17.5 Å². The number of aryl methyl sites for hydroxylation is 1. The molecule has 7 heteroatoms. The van der Waals surface area contributed by atoms with E-state index < -0.39 is 23.4 Å². The van der Waals surface area contributed by atoms with E-state index in [0.29, 0.717) is 17.4 Å². The summed E-state index contributed by atoms with van der Waals surface area (Å²) < 4.78 is 40.3. The number of hydrogen-bond acceptors (Lipinski definition) is 3. The van der Waals surface area contributed by atoms with Crippen LogP contribution in [0, 0.1) is 24.4 Å². The molecule has 3 aromatic rings. The van der Waals surface area contributed by atoms with Gasteiger partial charge in [0.2, 0.25) is 0 Å². The first-order chi connectivity index (χ1) is 11.9. The van der Waals surface area contributed by atoms with Crippen molar-refractivity contribution >= 4 is 22.9 Å². The molecule has 1 heterocycles. The molecule has 0 atom stereocenters. The Kier molecular flexibility index (Phi) is 4.85. The predicted octanol–water partition coefficient (Wildman–Crippen LogP) is 4.72. The standard InChI is InChI=1S/C18H13F3N2OS/c1-11-22-14(10-25-11)9-23(15-5-2-12(19)3-6-15)18(24)16-7-4-13(20)8-17(16)21/h2-8,10H,9H2,1H3. The highest BCUT2D eigenvalue weighted by atomic mass is 32.1. The van der Waals surface area contributed by atoms with E-state index in [1.54, 1.807) is 5.38 Å². The zero-order valence-electron chi connectivity index (χ0n) is 13.2. The average Bonchev–Trinajstić information content (AvgIpc) is 2.98. The molecule has 128 valence electrons. The van der Waals surface area contributed by atoms with Crippen molar-refractivity contribution in [3.05, 3.63) is 81.6 Å². The van der Waals surface area contributed by atoms with Gasteiger partial charge in [-0.15, -0.1) is 11.3 Å². The van der Waals surface area contributed by atoms with Crippen LogP contribution in [0.3, 0.4) is 0 Å². The van der Waals surface area contributed by atoms with Crippen molar-refractivity contribution in [2.75, 3.05) is 4.90 Å². The van der Waals surface area contributed by atoms with Crippen LogP contribution in [-0.2, 0) is 6.54 Å². The molecule has 0 saturated carbocycles. The summed E-state index contributed by atoms with van der Waals surface area (Å²) in [4.78, 5) is 18.4. The Morgan fingerprint density at radius 1 is 1.08 bits per heavy atom. The molecule has 0 aliphatic heterocycles. The van der Waals surface area contributed by atoms with Gasteiger partial charge in [-0.2, -0.15) is 0 Å². The Hall–Kier alpha value is -2.67. The first-order valence-electron chi connectivity index (χ1n) is 7.37. The van der Waals surface area contributed by atoms with Crippen LogP contribution < -0.4 is 4.90 Å². The number of rotatable bonds is 4. The molecule has 3 nitrogen and oxygen atoms in total. The number of aromatic nitrogens is 1. The summed E-state index contributed by atoms with van der Waals surface area (Å²) in [5.74, 6) is -2.83. The molecule has 0 N–H and O–H groups in total. The molecule has 0 spiro atoms.